The van der Waals surface area contributed by atoms with Gasteiger partial charge in [0.2, 0.25) is 5.91 Å². The number of primary amides is 1. The van der Waals surface area contributed by atoms with Crippen LogP contribution in [-0.2, 0) is 4.79 Å². The first-order chi connectivity index (χ1) is 7.47. The molecule has 0 aliphatic rings. The van der Waals surface area contributed by atoms with Crippen molar-refractivity contribution >= 4 is 21.8 Å². The second kappa shape index (κ2) is 5.12. The van der Waals surface area contributed by atoms with E-state index in [1.54, 1.807) is 25.3 Å². The fourth-order valence-corrected chi connectivity index (χ4v) is 2.02. The van der Waals surface area contributed by atoms with Crippen molar-refractivity contribution in [2.45, 2.75) is 19.4 Å². The lowest BCUT2D eigenvalue weighted by molar-refractivity contribution is -0.121. The summed E-state index contributed by atoms with van der Waals surface area (Å²) >= 11 is 3.28. The minimum absolute atomic E-state index is 0.214. The number of pyridine rings is 1. The third kappa shape index (κ3) is 2.61. The molecule has 0 radical (unpaired) electrons. The minimum Gasteiger partial charge on any atom is -0.368 e. The molecule has 1 aromatic rings. The topological polar surface area (TPSA) is 65.1 Å². The highest BCUT2D eigenvalue weighted by molar-refractivity contribution is 9.10. The largest absolute Gasteiger partial charge is 0.368 e. The molecule has 0 saturated carbocycles. The van der Waals surface area contributed by atoms with Gasteiger partial charge in [-0.3, -0.25) is 9.59 Å². The predicted octanol–water partition coefficient (Wildman–Crippen LogP) is 1.52. The van der Waals surface area contributed by atoms with Crippen LogP contribution in [0.15, 0.2) is 34.2 Å². The van der Waals surface area contributed by atoms with Crippen LogP contribution in [0, 0.1) is 6.92 Å². The third-order valence-electron chi connectivity index (χ3n) is 2.24. The number of aromatic nitrogens is 1. The lowest BCUT2D eigenvalue weighted by Gasteiger charge is -2.15. The highest BCUT2D eigenvalue weighted by atomic mass is 79.9. The van der Waals surface area contributed by atoms with Gasteiger partial charge >= 0.3 is 0 Å². The van der Waals surface area contributed by atoms with Crippen molar-refractivity contribution in [2.75, 3.05) is 0 Å². The third-order valence-corrected chi connectivity index (χ3v) is 2.68. The number of aryl methyl sites for hydroxylation is 1. The Morgan fingerprint density at radius 1 is 1.75 bits per heavy atom. The number of hydrogen-bond acceptors (Lipinski definition) is 2. The molecule has 86 valence electrons. The predicted molar refractivity (Wildman–Crippen MR) is 66.2 cm³/mol. The van der Waals surface area contributed by atoms with E-state index in [2.05, 4.69) is 22.5 Å². The SMILES string of the molecule is C=CC[C@@H](C(N)=O)n1cc(Br)cc(C)c1=O. The summed E-state index contributed by atoms with van der Waals surface area (Å²) in [4.78, 5) is 23.1. The molecule has 0 unspecified atom stereocenters. The van der Waals surface area contributed by atoms with Crippen molar-refractivity contribution in [1.29, 1.82) is 0 Å². The van der Waals surface area contributed by atoms with E-state index in [-0.39, 0.29) is 5.56 Å². The van der Waals surface area contributed by atoms with Crippen molar-refractivity contribution < 1.29 is 4.79 Å². The number of rotatable bonds is 4. The van der Waals surface area contributed by atoms with Crippen molar-refractivity contribution in [3.63, 3.8) is 0 Å². The van der Waals surface area contributed by atoms with Gasteiger partial charge in [-0.05, 0) is 35.3 Å². The second-order valence-corrected chi connectivity index (χ2v) is 4.41. The molecule has 0 spiro atoms. The van der Waals surface area contributed by atoms with E-state index in [0.29, 0.717) is 12.0 Å². The van der Waals surface area contributed by atoms with Gasteiger partial charge in [-0.2, -0.15) is 0 Å². The van der Waals surface area contributed by atoms with Gasteiger partial charge in [0, 0.05) is 16.2 Å². The normalized spacial score (nSPS) is 12.1. The molecular weight excluding hydrogens is 272 g/mol. The minimum atomic E-state index is -0.679. The Bertz CT molecular complexity index is 479. The zero-order chi connectivity index (χ0) is 12.3. The van der Waals surface area contributed by atoms with E-state index >= 15 is 0 Å². The molecule has 1 heterocycles. The highest BCUT2D eigenvalue weighted by Gasteiger charge is 2.18. The lowest BCUT2D eigenvalue weighted by Crippen LogP contribution is -2.34. The molecule has 1 aromatic heterocycles. The zero-order valence-corrected chi connectivity index (χ0v) is 10.5. The molecule has 0 aliphatic heterocycles. The maximum atomic E-state index is 11.8. The average molecular weight is 285 g/mol. The van der Waals surface area contributed by atoms with Crippen LogP contribution < -0.4 is 11.3 Å². The van der Waals surface area contributed by atoms with Gasteiger partial charge in [0.25, 0.3) is 5.56 Å². The Kier molecular flexibility index (Phi) is 4.06. The zero-order valence-electron chi connectivity index (χ0n) is 8.94. The van der Waals surface area contributed by atoms with Crippen LogP contribution in [0.3, 0.4) is 0 Å². The van der Waals surface area contributed by atoms with E-state index in [4.69, 9.17) is 5.73 Å². The van der Waals surface area contributed by atoms with Gasteiger partial charge in [0.05, 0.1) is 0 Å². The molecule has 16 heavy (non-hydrogen) atoms. The molecule has 1 rings (SSSR count). The number of amides is 1. The maximum absolute atomic E-state index is 11.8. The summed E-state index contributed by atoms with van der Waals surface area (Å²) < 4.78 is 2.07. The number of allylic oxidation sites excluding steroid dienone is 1. The Balaban J connectivity index is 3.34. The van der Waals surface area contributed by atoms with Crippen molar-refractivity contribution in [2.24, 2.45) is 5.73 Å². The number of carbonyl (C=O) groups excluding carboxylic acids is 1. The van der Waals surface area contributed by atoms with Crippen LogP contribution in [-0.4, -0.2) is 10.5 Å². The van der Waals surface area contributed by atoms with Gasteiger partial charge in [-0.1, -0.05) is 6.08 Å². The van der Waals surface area contributed by atoms with E-state index in [9.17, 15) is 9.59 Å². The molecule has 4 nitrogen and oxygen atoms in total. The van der Waals surface area contributed by atoms with Gasteiger partial charge in [-0.25, -0.2) is 0 Å². The summed E-state index contributed by atoms with van der Waals surface area (Å²) in [5.41, 5.74) is 5.61. The Morgan fingerprint density at radius 3 is 2.88 bits per heavy atom. The molecule has 2 N–H and O–H groups in total. The summed E-state index contributed by atoms with van der Waals surface area (Å²) in [6.45, 7) is 5.24. The number of carbonyl (C=O) groups is 1. The summed E-state index contributed by atoms with van der Waals surface area (Å²) in [5.74, 6) is -0.542. The summed E-state index contributed by atoms with van der Waals surface area (Å²) in [5, 5.41) is 0. The fourth-order valence-electron chi connectivity index (χ4n) is 1.46. The first-order valence-electron chi connectivity index (χ1n) is 4.76. The molecule has 1 amide bonds. The first kappa shape index (κ1) is 12.7. The monoisotopic (exact) mass is 284 g/mol. The van der Waals surface area contributed by atoms with Gasteiger partial charge < -0.3 is 10.3 Å². The average Bonchev–Trinajstić information content (AvgIpc) is 2.20. The molecule has 0 saturated heterocycles. The standard InChI is InChI=1S/C11H13BrN2O2/c1-3-4-9(10(13)15)14-6-8(12)5-7(2)11(14)16/h3,5-6,9H,1,4H2,2H3,(H2,13,15)/t9-/m0/s1. The quantitative estimate of drug-likeness (QED) is 0.852. The van der Waals surface area contributed by atoms with Crippen molar-refractivity contribution in [3.05, 3.63) is 45.3 Å². The molecule has 5 heteroatoms. The van der Waals surface area contributed by atoms with Crippen LogP contribution in [0.2, 0.25) is 0 Å². The smallest absolute Gasteiger partial charge is 0.254 e. The highest BCUT2D eigenvalue weighted by Crippen LogP contribution is 2.14. The molecule has 0 fully saturated rings. The number of nitrogens with zero attached hydrogens (tertiary/aromatic N) is 1. The van der Waals surface area contributed by atoms with Gasteiger partial charge in [-0.15, -0.1) is 6.58 Å². The fraction of sp³-hybridized carbons (Fsp3) is 0.273. The lowest BCUT2D eigenvalue weighted by atomic mass is 10.1. The van der Waals surface area contributed by atoms with Crippen LogP contribution in [0.1, 0.15) is 18.0 Å². The molecular formula is C11H13BrN2O2. The van der Waals surface area contributed by atoms with Crippen LogP contribution in [0.5, 0.6) is 0 Å². The number of halogens is 1. The first-order valence-corrected chi connectivity index (χ1v) is 5.55. The molecule has 1 atom stereocenters. The summed E-state index contributed by atoms with van der Waals surface area (Å²) in [7, 11) is 0. The van der Waals surface area contributed by atoms with E-state index in [1.165, 1.54) is 4.57 Å². The van der Waals surface area contributed by atoms with Gasteiger partial charge in [0.15, 0.2) is 0 Å². The molecule has 0 aromatic carbocycles. The molecule has 0 aliphatic carbocycles. The van der Waals surface area contributed by atoms with E-state index in [0.717, 1.165) is 4.47 Å². The maximum Gasteiger partial charge on any atom is 0.254 e. The summed E-state index contributed by atoms with van der Waals surface area (Å²) in [6, 6.07) is 1.02. The Labute approximate surface area is 102 Å². The van der Waals surface area contributed by atoms with E-state index < -0.39 is 11.9 Å². The van der Waals surface area contributed by atoms with Crippen LogP contribution >= 0.6 is 15.9 Å². The summed E-state index contributed by atoms with van der Waals surface area (Å²) in [6.07, 6.45) is 3.47. The van der Waals surface area contributed by atoms with Crippen molar-refractivity contribution in [1.82, 2.24) is 4.57 Å². The second-order valence-electron chi connectivity index (χ2n) is 3.50. The number of nitrogens with two attached hydrogens (primary N) is 1. The Morgan fingerprint density at radius 2 is 2.38 bits per heavy atom. The number of hydrogen-bond donors (Lipinski definition) is 1. The van der Waals surface area contributed by atoms with Crippen LogP contribution in [0.25, 0.3) is 0 Å². The van der Waals surface area contributed by atoms with Gasteiger partial charge in [0.1, 0.15) is 6.04 Å². The van der Waals surface area contributed by atoms with E-state index in [1.807, 2.05) is 0 Å². The molecule has 0 bridgehead atoms. The Hall–Kier alpha value is -1.36. The van der Waals surface area contributed by atoms with Crippen LogP contribution in [0.4, 0.5) is 0 Å². The van der Waals surface area contributed by atoms with Crippen molar-refractivity contribution in [3.8, 4) is 0 Å².